The molecular weight excluding hydrogens is 190 g/mol. The van der Waals surface area contributed by atoms with Crippen LogP contribution >= 0.6 is 0 Å². The van der Waals surface area contributed by atoms with Gasteiger partial charge in [0.05, 0.1) is 0 Å². The smallest absolute Gasteiger partial charge is 0.168 e. The number of rotatable bonds is 2. The summed E-state index contributed by atoms with van der Waals surface area (Å²) >= 11 is 0. The van der Waals surface area contributed by atoms with Crippen molar-refractivity contribution in [1.29, 1.82) is 0 Å². The Morgan fingerprint density at radius 3 is 2.87 bits per heavy atom. The first-order chi connectivity index (χ1) is 7.24. The van der Waals surface area contributed by atoms with Crippen LogP contribution in [0.5, 0.6) is 0 Å². The normalized spacial score (nSPS) is 10.3. The molecule has 0 bridgehead atoms. The number of aryl methyl sites for hydroxylation is 1. The van der Waals surface area contributed by atoms with Gasteiger partial charge in [-0.3, -0.25) is 9.78 Å². The van der Waals surface area contributed by atoms with Gasteiger partial charge in [-0.2, -0.15) is 0 Å². The summed E-state index contributed by atoms with van der Waals surface area (Å²) in [5.74, 6) is 0.816. The van der Waals surface area contributed by atoms with E-state index in [4.69, 9.17) is 0 Å². The quantitative estimate of drug-likeness (QED) is 0.693. The number of pyridine rings is 1. The van der Waals surface area contributed by atoms with Gasteiger partial charge in [-0.05, 0) is 19.1 Å². The van der Waals surface area contributed by atoms with Crippen LogP contribution in [0.4, 0.5) is 0 Å². The van der Waals surface area contributed by atoms with Crippen molar-refractivity contribution in [2.45, 2.75) is 6.92 Å². The molecule has 2 rings (SSSR count). The van der Waals surface area contributed by atoms with Gasteiger partial charge in [0.2, 0.25) is 0 Å². The van der Waals surface area contributed by atoms with Crippen molar-refractivity contribution in [3.05, 3.63) is 36.0 Å². The van der Waals surface area contributed by atoms with Gasteiger partial charge in [0, 0.05) is 25.0 Å². The van der Waals surface area contributed by atoms with Crippen molar-refractivity contribution >= 4 is 6.29 Å². The molecule has 2 heterocycles. The first-order valence-corrected chi connectivity index (χ1v) is 4.63. The van der Waals surface area contributed by atoms with Gasteiger partial charge < -0.3 is 4.57 Å². The fraction of sp³-hybridized carbons (Fsp3) is 0.182. The van der Waals surface area contributed by atoms with Gasteiger partial charge in [0.15, 0.2) is 6.29 Å². The summed E-state index contributed by atoms with van der Waals surface area (Å²) < 4.78 is 1.77. The fourth-order valence-corrected chi connectivity index (χ4v) is 1.48. The molecule has 0 saturated heterocycles. The number of aromatic nitrogens is 3. The first-order valence-electron chi connectivity index (χ1n) is 4.63. The predicted octanol–water partition coefficient (Wildman–Crippen LogP) is 1.60. The third-order valence-corrected chi connectivity index (χ3v) is 2.41. The van der Waals surface area contributed by atoms with Crippen molar-refractivity contribution in [1.82, 2.24) is 14.5 Å². The van der Waals surface area contributed by atoms with Gasteiger partial charge in [0.1, 0.15) is 17.2 Å². The van der Waals surface area contributed by atoms with Gasteiger partial charge >= 0.3 is 0 Å². The Kier molecular flexibility index (Phi) is 2.33. The lowest BCUT2D eigenvalue weighted by molar-refractivity contribution is 0.111. The molecule has 0 atom stereocenters. The van der Waals surface area contributed by atoms with Crippen molar-refractivity contribution in [3.8, 4) is 11.3 Å². The molecule has 2 aromatic heterocycles. The highest BCUT2D eigenvalue weighted by Crippen LogP contribution is 2.20. The van der Waals surface area contributed by atoms with Crippen LogP contribution in [0, 0.1) is 6.92 Å². The summed E-state index contributed by atoms with van der Waals surface area (Å²) in [6.07, 6.45) is 4.22. The second-order valence-corrected chi connectivity index (χ2v) is 3.31. The van der Waals surface area contributed by atoms with E-state index in [0.29, 0.717) is 11.4 Å². The van der Waals surface area contributed by atoms with Crippen LogP contribution in [-0.4, -0.2) is 20.8 Å². The van der Waals surface area contributed by atoms with E-state index in [1.165, 1.54) is 0 Å². The summed E-state index contributed by atoms with van der Waals surface area (Å²) in [4.78, 5) is 19.3. The number of imidazole rings is 1. The summed E-state index contributed by atoms with van der Waals surface area (Å²) in [5.41, 5.74) is 2.14. The van der Waals surface area contributed by atoms with Crippen LogP contribution in [0.3, 0.4) is 0 Å². The molecule has 2 aromatic rings. The average Bonchev–Trinajstić information content (AvgIpc) is 2.56. The van der Waals surface area contributed by atoms with E-state index in [0.717, 1.165) is 17.7 Å². The van der Waals surface area contributed by atoms with Gasteiger partial charge in [-0.25, -0.2) is 4.98 Å². The molecule has 4 heteroatoms. The largest absolute Gasteiger partial charge is 0.329 e. The van der Waals surface area contributed by atoms with Gasteiger partial charge in [-0.1, -0.05) is 0 Å². The van der Waals surface area contributed by atoms with Crippen molar-refractivity contribution in [3.63, 3.8) is 0 Å². The van der Waals surface area contributed by atoms with E-state index in [1.807, 2.05) is 26.1 Å². The van der Waals surface area contributed by atoms with Gasteiger partial charge in [-0.15, -0.1) is 0 Å². The standard InChI is InChI=1S/C11H11N3O/c1-8-13-11(10(7-15)14(8)2)9-4-3-5-12-6-9/h3-7H,1-2H3. The SMILES string of the molecule is Cc1nc(-c2cccnc2)c(C=O)n1C. The second kappa shape index (κ2) is 3.65. The van der Waals surface area contributed by atoms with E-state index in [1.54, 1.807) is 17.0 Å². The Balaban J connectivity index is 2.63. The highest BCUT2D eigenvalue weighted by atomic mass is 16.1. The topological polar surface area (TPSA) is 47.8 Å². The second-order valence-electron chi connectivity index (χ2n) is 3.31. The molecule has 0 fully saturated rings. The maximum atomic E-state index is 11.0. The molecule has 0 radical (unpaired) electrons. The maximum absolute atomic E-state index is 11.0. The molecule has 15 heavy (non-hydrogen) atoms. The minimum absolute atomic E-state index is 0.584. The number of carbonyl (C=O) groups is 1. The number of carbonyl (C=O) groups excluding carboxylic acids is 1. The van der Waals surface area contributed by atoms with Crippen LogP contribution in [0.1, 0.15) is 16.3 Å². The number of hydrogen-bond acceptors (Lipinski definition) is 3. The molecular formula is C11H11N3O. The zero-order valence-electron chi connectivity index (χ0n) is 8.64. The molecule has 0 aliphatic rings. The lowest BCUT2D eigenvalue weighted by Gasteiger charge is -1.98. The van der Waals surface area contributed by atoms with Crippen LogP contribution in [0.15, 0.2) is 24.5 Å². The lowest BCUT2D eigenvalue weighted by atomic mass is 10.2. The average molecular weight is 201 g/mol. The third kappa shape index (κ3) is 1.54. The van der Waals surface area contributed by atoms with Crippen molar-refractivity contribution in [2.75, 3.05) is 0 Å². The summed E-state index contributed by atoms with van der Waals surface area (Å²) in [6.45, 7) is 1.87. The summed E-state index contributed by atoms with van der Waals surface area (Å²) in [7, 11) is 1.83. The third-order valence-electron chi connectivity index (χ3n) is 2.41. The van der Waals surface area contributed by atoms with E-state index in [-0.39, 0.29) is 0 Å². The van der Waals surface area contributed by atoms with Crippen LogP contribution in [-0.2, 0) is 7.05 Å². The lowest BCUT2D eigenvalue weighted by Crippen LogP contribution is -1.97. The number of hydrogen-bond donors (Lipinski definition) is 0. The first kappa shape index (κ1) is 9.58. The molecule has 0 unspecified atom stereocenters. The van der Waals surface area contributed by atoms with Crippen LogP contribution < -0.4 is 0 Å². The van der Waals surface area contributed by atoms with Crippen molar-refractivity contribution < 1.29 is 4.79 Å². The van der Waals surface area contributed by atoms with Crippen LogP contribution in [0.2, 0.25) is 0 Å². The minimum atomic E-state index is 0.584. The van der Waals surface area contributed by atoms with E-state index >= 15 is 0 Å². The molecule has 0 aromatic carbocycles. The number of aldehydes is 1. The molecule has 0 amide bonds. The molecule has 0 aliphatic carbocycles. The Morgan fingerprint density at radius 2 is 2.27 bits per heavy atom. The summed E-state index contributed by atoms with van der Waals surface area (Å²) in [5, 5.41) is 0. The Hall–Kier alpha value is -1.97. The van der Waals surface area contributed by atoms with Gasteiger partial charge in [0.25, 0.3) is 0 Å². The highest BCUT2D eigenvalue weighted by Gasteiger charge is 2.12. The van der Waals surface area contributed by atoms with E-state index < -0.39 is 0 Å². The molecule has 0 saturated carbocycles. The summed E-state index contributed by atoms with van der Waals surface area (Å²) in [6, 6.07) is 3.72. The zero-order valence-corrected chi connectivity index (χ0v) is 8.64. The Bertz CT molecular complexity index is 488. The Morgan fingerprint density at radius 1 is 1.47 bits per heavy atom. The minimum Gasteiger partial charge on any atom is -0.329 e. The van der Waals surface area contributed by atoms with E-state index in [2.05, 4.69) is 9.97 Å². The Labute approximate surface area is 87.6 Å². The molecule has 0 N–H and O–H groups in total. The van der Waals surface area contributed by atoms with Crippen LogP contribution in [0.25, 0.3) is 11.3 Å². The molecule has 0 spiro atoms. The monoisotopic (exact) mass is 201 g/mol. The van der Waals surface area contributed by atoms with Crippen molar-refractivity contribution in [2.24, 2.45) is 7.05 Å². The molecule has 0 aliphatic heterocycles. The fourth-order valence-electron chi connectivity index (χ4n) is 1.48. The number of nitrogens with zero attached hydrogens (tertiary/aromatic N) is 3. The zero-order chi connectivity index (χ0) is 10.8. The molecule has 76 valence electrons. The van der Waals surface area contributed by atoms with E-state index in [9.17, 15) is 4.79 Å². The highest BCUT2D eigenvalue weighted by molar-refractivity contribution is 5.83. The predicted molar refractivity (Wildman–Crippen MR) is 56.6 cm³/mol. The molecule has 4 nitrogen and oxygen atoms in total. The maximum Gasteiger partial charge on any atom is 0.168 e.